The molecular formula is C22H22ClN5O. The summed E-state index contributed by atoms with van der Waals surface area (Å²) < 4.78 is 1.92. The molecule has 1 N–H and O–H groups in total. The molecule has 4 aromatic rings. The third-order valence-corrected chi connectivity index (χ3v) is 6.07. The summed E-state index contributed by atoms with van der Waals surface area (Å²) in [7, 11) is 2.13. The highest BCUT2D eigenvalue weighted by Gasteiger charge is 2.21. The largest absolute Gasteiger partial charge is 0.310 e. The number of pyridine rings is 1. The molecule has 0 radical (unpaired) electrons. The van der Waals surface area contributed by atoms with Crippen molar-refractivity contribution >= 4 is 28.2 Å². The van der Waals surface area contributed by atoms with Crippen molar-refractivity contribution in [2.24, 2.45) is 0 Å². The van der Waals surface area contributed by atoms with Crippen LogP contribution in [-0.2, 0) is 0 Å². The fraction of sp³-hybridized carbons (Fsp3) is 0.318. The fourth-order valence-electron chi connectivity index (χ4n) is 4.15. The molecule has 29 heavy (non-hydrogen) atoms. The lowest BCUT2D eigenvalue weighted by Crippen LogP contribution is -2.30. The van der Waals surface area contributed by atoms with Crippen LogP contribution in [0.25, 0.3) is 27.7 Å². The number of aromatic nitrogens is 4. The normalized spacial score (nSPS) is 16.1. The maximum Gasteiger partial charge on any atom is 0.258 e. The number of nitrogens with zero attached hydrogens (tertiary/aromatic N) is 4. The van der Waals surface area contributed by atoms with Crippen molar-refractivity contribution < 1.29 is 0 Å². The van der Waals surface area contributed by atoms with E-state index < -0.39 is 0 Å². The second-order valence-corrected chi connectivity index (χ2v) is 8.36. The van der Waals surface area contributed by atoms with Gasteiger partial charge in [-0.05, 0) is 69.2 Å². The standard InChI is InChI=1S/C22H22ClN5O/c1-13-11-28-12-16(10-18(23)21(28)24-13)15-3-4-19-17(9-15)22(29)26-20(25-19)14-5-7-27(2)8-6-14/h3-4,9-12,14H,5-8H2,1-2H3,(H,25,26,29). The summed E-state index contributed by atoms with van der Waals surface area (Å²) in [5, 5.41) is 1.18. The maximum atomic E-state index is 12.8. The van der Waals surface area contributed by atoms with Gasteiger partial charge in [0.15, 0.2) is 5.65 Å². The van der Waals surface area contributed by atoms with Crippen LogP contribution in [0.5, 0.6) is 0 Å². The number of rotatable bonds is 2. The minimum Gasteiger partial charge on any atom is -0.310 e. The zero-order valence-electron chi connectivity index (χ0n) is 16.4. The summed E-state index contributed by atoms with van der Waals surface area (Å²) in [6.07, 6.45) is 5.96. The van der Waals surface area contributed by atoms with Crippen molar-refractivity contribution in [2.75, 3.05) is 20.1 Å². The fourth-order valence-corrected chi connectivity index (χ4v) is 4.41. The van der Waals surface area contributed by atoms with Gasteiger partial charge in [-0.1, -0.05) is 17.7 Å². The Morgan fingerprint density at radius 1 is 1.10 bits per heavy atom. The summed E-state index contributed by atoms with van der Waals surface area (Å²) in [6.45, 7) is 4.00. The van der Waals surface area contributed by atoms with Crippen LogP contribution in [0.2, 0.25) is 5.02 Å². The predicted molar refractivity (Wildman–Crippen MR) is 116 cm³/mol. The number of benzene rings is 1. The first-order valence-corrected chi connectivity index (χ1v) is 10.2. The topological polar surface area (TPSA) is 66.3 Å². The van der Waals surface area contributed by atoms with Gasteiger partial charge in [-0.3, -0.25) is 4.79 Å². The molecule has 0 unspecified atom stereocenters. The average molecular weight is 408 g/mol. The molecule has 0 spiro atoms. The first-order valence-electron chi connectivity index (χ1n) is 9.86. The summed E-state index contributed by atoms with van der Waals surface area (Å²) in [5.41, 5.74) is 4.14. The SMILES string of the molecule is Cc1cn2cc(-c3ccc4nc(C5CCN(C)CC5)[nH]c(=O)c4c3)cc(Cl)c2n1. The first kappa shape index (κ1) is 18.3. The smallest absolute Gasteiger partial charge is 0.258 e. The van der Waals surface area contributed by atoms with E-state index in [4.69, 9.17) is 16.6 Å². The van der Waals surface area contributed by atoms with Gasteiger partial charge < -0.3 is 14.3 Å². The van der Waals surface area contributed by atoms with Gasteiger partial charge in [0.2, 0.25) is 0 Å². The van der Waals surface area contributed by atoms with Crippen LogP contribution in [0.1, 0.15) is 30.3 Å². The number of nitrogens with one attached hydrogen (secondary N) is 1. The number of aryl methyl sites for hydroxylation is 1. The summed E-state index contributed by atoms with van der Waals surface area (Å²) in [6, 6.07) is 7.70. The number of imidazole rings is 1. The van der Waals surface area contributed by atoms with E-state index in [0.717, 1.165) is 59.7 Å². The number of H-pyrrole nitrogens is 1. The van der Waals surface area contributed by atoms with E-state index in [1.165, 1.54) is 0 Å². The van der Waals surface area contributed by atoms with Gasteiger partial charge in [0.25, 0.3) is 5.56 Å². The van der Waals surface area contributed by atoms with E-state index in [0.29, 0.717) is 16.3 Å². The molecule has 0 aliphatic carbocycles. The van der Waals surface area contributed by atoms with Crippen LogP contribution in [0, 0.1) is 6.92 Å². The van der Waals surface area contributed by atoms with Crippen LogP contribution in [0.3, 0.4) is 0 Å². The zero-order chi connectivity index (χ0) is 20.1. The number of halogens is 1. The highest BCUT2D eigenvalue weighted by atomic mass is 35.5. The quantitative estimate of drug-likeness (QED) is 0.545. The third-order valence-electron chi connectivity index (χ3n) is 5.79. The highest BCUT2D eigenvalue weighted by Crippen LogP contribution is 2.29. The van der Waals surface area contributed by atoms with Gasteiger partial charge in [-0.2, -0.15) is 0 Å². The summed E-state index contributed by atoms with van der Waals surface area (Å²) in [4.78, 5) is 27.4. The van der Waals surface area contributed by atoms with Gasteiger partial charge in [-0.15, -0.1) is 0 Å². The molecule has 5 rings (SSSR count). The molecule has 7 heteroatoms. The Hall–Kier alpha value is -2.70. The molecule has 1 aliphatic heterocycles. The number of hydrogen-bond acceptors (Lipinski definition) is 4. The molecule has 0 amide bonds. The summed E-state index contributed by atoms with van der Waals surface area (Å²) in [5.74, 6) is 1.12. The number of aromatic amines is 1. The van der Waals surface area contributed by atoms with E-state index in [2.05, 4.69) is 21.9 Å². The number of fused-ring (bicyclic) bond motifs is 2. The molecule has 6 nitrogen and oxygen atoms in total. The Kier molecular flexibility index (Phi) is 4.41. The van der Waals surface area contributed by atoms with Crippen LogP contribution in [-0.4, -0.2) is 44.4 Å². The predicted octanol–water partition coefficient (Wildman–Crippen LogP) is 4.01. The Morgan fingerprint density at radius 3 is 2.69 bits per heavy atom. The summed E-state index contributed by atoms with van der Waals surface area (Å²) >= 11 is 6.42. The van der Waals surface area contributed by atoms with Crippen LogP contribution in [0.15, 0.2) is 41.5 Å². The molecule has 0 saturated carbocycles. The second-order valence-electron chi connectivity index (χ2n) is 7.95. The molecule has 0 bridgehead atoms. The Bertz CT molecular complexity index is 1280. The van der Waals surface area contributed by atoms with Crippen molar-refractivity contribution in [3.63, 3.8) is 0 Å². The second kappa shape index (κ2) is 6.97. The lowest BCUT2D eigenvalue weighted by atomic mass is 9.96. The van der Waals surface area contributed by atoms with Crippen molar-refractivity contribution in [3.8, 4) is 11.1 Å². The van der Waals surface area contributed by atoms with Crippen molar-refractivity contribution in [2.45, 2.75) is 25.7 Å². The van der Waals surface area contributed by atoms with Gasteiger partial charge in [0, 0.05) is 18.3 Å². The molecule has 148 valence electrons. The molecule has 1 saturated heterocycles. The highest BCUT2D eigenvalue weighted by molar-refractivity contribution is 6.33. The van der Waals surface area contributed by atoms with E-state index >= 15 is 0 Å². The first-order chi connectivity index (χ1) is 14.0. The van der Waals surface area contributed by atoms with Crippen LogP contribution < -0.4 is 5.56 Å². The Balaban J connectivity index is 1.56. The van der Waals surface area contributed by atoms with E-state index in [9.17, 15) is 4.79 Å². The van der Waals surface area contributed by atoms with Gasteiger partial charge in [-0.25, -0.2) is 9.97 Å². The lowest BCUT2D eigenvalue weighted by molar-refractivity contribution is 0.251. The Morgan fingerprint density at radius 2 is 1.90 bits per heavy atom. The monoisotopic (exact) mass is 407 g/mol. The zero-order valence-corrected chi connectivity index (χ0v) is 17.2. The minimum atomic E-state index is -0.0866. The molecule has 3 aromatic heterocycles. The van der Waals surface area contributed by atoms with Gasteiger partial charge in [0.05, 0.1) is 21.6 Å². The van der Waals surface area contributed by atoms with Crippen molar-refractivity contribution in [1.82, 2.24) is 24.3 Å². The molecule has 0 atom stereocenters. The Labute approximate surface area is 173 Å². The van der Waals surface area contributed by atoms with Gasteiger partial charge >= 0.3 is 0 Å². The lowest BCUT2D eigenvalue weighted by Gasteiger charge is -2.28. The van der Waals surface area contributed by atoms with Gasteiger partial charge in [0.1, 0.15) is 5.82 Å². The van der Waals surface area contributed by atoms with Crippen LogP contribution in [0.4, 0.5) is 0 Å². The molecule has 1 fully saturated rings. The number of hydrogen-bond donors (Lipinski definition) is 1. The molecular weight excluding hydrogens is 386 g/mol. The van der Waals surface area contributed by atoms with E-state index in [1.807, 2.05) is 48.0 Å². The van der Waals surface area contributed by atoms with Crippen molar-refractivity contribution in [1.29, 1.82) is 0 Å². The molecule has 4 heterocycles. The third kappa shape index (κ3) is 3.32. The molecule has 1 aromatic carbocycles. The van der Waals surface area contributed by atoms with E-state index in [1.54, 1.807) is 0 Å². The average Bonchev–Trinajstić information content (AvgIpc) is 3.09. The van der Waals surface area contributed by atoms with E-state index in [-0.39, 0.29) is 5.56 Å². The number of piperidine rings is 1. The van der Waals surface area contributed by atoms with Crippen molar-refractivity contribution in [3.05, 3.63) is 63.6 Å². The number of likely N-dealkylation sites (tertiary alicyclic amines) is 1. The minimum absolute atomic E-state index is 0.0866. The molecule has 1 aliphatic rings. The van der Waals surface area contributed by atoms with Crippen LogP contribution >= 0.6 is 11.6 Å². The maximum absolute atomic E-state index is 12.8.